The molecule has 3 nitrogen and oxygen atoms in total. The molecular formula is C14H26N2O. The quantitative estimate of drug-likeness (QED) is 0.749. The zero-order chi connectivity index (χ0) is 12.1. The monoisotopic (exact) mass is 238 g/mol. The molecule has 1 aliphatic carbocycles. The lowest BCUT2D eigenvalue weighted by atomic mass is 10.1. The minimum atomic E-state index is 0.0701. The predicted octanol–water partition coefficient (Wildman–Crippen LogP) is 2.31. The van der Waals surface area contributed by atoms with Crippen LogP contribution in [0.2, 0.25) is 0 Å². The number of carbonyl (C=O) groups is 1. The normalized spacial score (nSPS) is 28.9. The van der Waals surface area contributed by atoms with E-state index in [0.29, 0.717) is 11.9 Å². The molecule has 0 aromatic rings. The van der Waals surface area contributed by atoms with Gasteiger partial charge >= 0.3 is 0 Å². The van der Waals surface area contributed by atoms with E-state index in [-0.39, 0.29) is 6.04 Å². The topological polar surface area (TPSA) is 32.3 Å². The third-order valence-electron chi connectivity index (χ3n) is 4.34. The van der Waals surface area contributed by atoms with Gasteiger partial charge in [-0.25, -0.2) is 0 Å². The lowest BCUT2D eigenvalue weighted by molar-refractivity contribution is -0.135. The summed E-state index contributed by atoms with van der Waals surface area (Å²) in [5.41, 5.74) is 0. The Morgan fingerprint density at radius 1 is 1.00 bits per heavy atom. The number of hydrogen-bond donors (Lipinski definition) is 1. The maximum Gasteiger partial charge on any atom is 0.239 e. The van der Waals surface area contributed by atoms with Gasteiger partial charge in [-0.1, -0.05) is 25.7 Å². The summed E-state index contributed by atoms with van der Waals surface area (Å²) in [6.07, 6.45) is 11.1. The van der Waals surface area contributed by atoms with Crippen LogP contribution in [0.15, 0.2) is 0 Å². The highest BCUT2D eigenvalue weighted by molar-refractivity contribution is 5.82. The number of amides is 1. The lowest BCUT2D eigenvalue weighted by Gasteiger charge is -2.32. The van der Waals surface area contributed by atoms with E-state index in [1.54, 1.807) is 0 Å². The summed E-state index contributed by atoms with van der Waals surface area (Å²) in [7, 11) is 1.92. The molecule has 2 fully saturated rings. The molecule has 0 spiro atoms. The fourth-order valence-electron chi connectivity index (χ4n) is 3.26. The van der Waals surface area contributed by atoms with Gasteiger partial charge in [0.15, 0.2) is 0 Å². The molecule has 98 valence electrons. The van der Waals surface area contributed by atoms with Crippen molar-refractivity contribution in [2.24, 2.45) is 0 Å². The van der Waals surface area contributed by atoms with Crippen molar-refractivity contribution >= 4 is 5.91 Å². The van der Waals surface area contributed by atoms with Crippen LogP contribution in [0.3, 0.4) is 0 Å². The van der Waals surface area contributed by atoms with E-state index in [0.717, 1.165) is 13.0 Å². The van der Waals surface area contributed by atoms with E-state index in [2.05, 4.69) is 10.2 Å². The van der Waals surface area contributed by atoms with Crippen molar-refractivity contribution in [3.8, 4) is 0 Å². The Morgan fingerprint density at radius 3 is 2.29 bits per heavy atom. The molecule has 1 heterocycles. The molecule has 1 saturated heterocycles. The van der Waals surface area contributed by atoms with Gasteiger partial charge in [-0.05, 0) is 39.2 Å². The molecule has 1 atom stereocenters. The summed E-state index contributed by atoms with van der Waals surface area (Å²) in [6.45, 7) is 0.988. The summed E-state index contributed by atoms with van der Waals surface area (Å²) in [5, 5.41) is 3.19. The second kappa shape index (κ2) is 6.39. The van der Waals surface area contributed by atoms with Gasteiger partial charge in [-0.2, -0.15) is 0 Å². The van der Waals surface area contributed by atoms with E-state index in [1.165, 1.54) is 51.4 Å². The van der Waals surface area contributed by atoms with Gasteiger partial charge < -0.3 is 10.2 Å². The zero-order valence-electron chi connectivity index (χ0n) is 11.1. The first-order valence-electron chi connectivity index (χ1n) is 7.30. The van der Waals surface area contributed by atoms with Crippen molar-refractivity contribution < 1.29 is 4.79 Å². The standard InChI is InChI=1S/C14H26N2O/c1-15-13-10-6-7-11-16(14(13)17)12-8-4-2-3-5-9-12/h12-13,15H,2-11H2,1H3. The second-order valence-electron chi connectivity index (χ2n) is 5.51. The number of carbonyl (C=O) groups excluding carboxylic acids is 1. The van der Waals surface area contributed by atoms with Gasteiger partial charge in [0.05, 0.1) is 6.04 Å². The number of likely N-dealkylation sites (N-methyl/N-ethyl adjacent to an activating group) is 1. The Morgan fingerprint density at radius 2 is 1.65 bits per heavy atom. The van der Waals surface area contributed by atoms with E-state index < -0.39 is 0 Å². The number of nitrogens with one attached hydrogen (secondary N) is 1. The van der Waals surface area contributed by atoms with Gasteiger partial charge in [0, 0.05) is 12.6 Å². The number of hydrogen-bond acceptors (Lipinski definition) is 2. The second-order valence-corrected chi connectivity index (χ2v) is 5.51. The molecular weight excluding hydrogens is 212 g/mol. The minimum Gasteiger partial charge on any atom is -0.338 e. The molecule has 1 saturated carbocycles. The molecule has 0 bridgehead atoms. The van der Waals surface area contributed by atoms with Crippen LogP contribution in [0.4, 0.5) is 0 Å². The van der Waals surface area contributed by atoms with Crippen LogP contribution in [-0.4, -0.2) is 36.5 Å². The summed E-state index contributed by atoms with van der Waals surface area (Å²) in [4.78, 5) is 14.6. The van der Waals surface area contributed by atoms with Crippen LogP contribution in [0.1, 0.15) is 57.8 Å². The predicted molar refractivity (Wildman–Crippen MR) is 69.9 cm³/mol. The number of nitrogens with zero attached hydrogens (tertiary/aromatic N) is 1. The van der Waals surface area contributed by atoms with E-state index >= 15 is 0 Å². The van der Waals surface area contributed by atoms with E-state index in [1.807, 2.05) is 7.05 Å². The van der Waals surface area contributed by atoms with Gasteiger partial charge in [-0.3, -0.25) is 4.79 Å². The molecule has 0 aromatic heterocycles. The first-order valence-corrected chi connectivity index (χ1v) is 7.30. The average Bonchev–Trinajstić information content (AvgIpc) is 2.69. The Bertz CT molecular complexity index is 247. The Kier molecular flexibility index (Phi) is 4.84. The smallest absolute Gasteiger partial charge is 0.239 e. The molecule has 17 heavy (non-hydrogen) atoms. The third kappa shape index (κ3) is 3.21. The lowest BCUT2D eigenvalue weighted by Crippen LogP contribution is -2.48. The van der Waals surface area contributed by atoms with E-state index in [9.17, 15) is 4.79 Å². The van der Waals surface area contributed by atoms with Gasteiger partial charge in [0.2, 0.25) is 5.91 Å². The maximum atomic E-state index is 12.5. The Hall–Kier alpha value is -0.570. The molecule has 1 N–H and O–H groups in total. The van der Waals surface area contributed by atoms with Crippen molar-refractivity contribution in [3.05, 3.63) is 0 Å². The minimum absolute atomic E-state index is 0.0701. The third-order valence-corrected chi connectivity index (χ3v) is 4.34. The maximum absolute atomic E-state index is 12.5. The number of rotatable bonds is 2. The highest BCUT2D eigenvalue weighted by Gasteiger charge is 2.30. The van der Waals surface area contributed by atoms with Gasteiger partial charge in [-0.15, -0.1) is 0 Å². The number of likely N-dealkylation sites (tertiary alicyclic amines) is 1. The van der Waals surface area contributed by atoms with Crippen molar-refractivity contribution in [1.82, 2.24) is 10.2 Å². The van der Waals surface area contributed by atoms with Crippen LogP contribution in [0, 0.1) is 0 Å². The molecule has 1 amide bonds. The van der Waals surface area contributed by atoms with Crippen molar-refractivity contribution in [2.75, 3.05) is 13.6 Å². The summed E-state index contributed by atoms with van der Waals surface area (Å²) in [5.74, 6) is 0.358. The first kappa shape index (κ1) is 12.9. The fraction of sp³-hybridized carbons (Fsp3) is 0.929. The highest BCUT2D eigenvalue weighted by atomic mass is 16.2. The molecule has 2 rings (SSSR count). The van der Waals surface area contributed by atoms with Crippen LogP contribution in [0.5, 0.6) is 0 Å². The highest BCUT2D eigenvalue weighted by Crippen LogP contribution is 2.25. The summed E-state index contributed by atoms with van der Waals surface area (Å²) < 4.78 is 0. The van der Waals surface area contributed by atoms with Crippen LogP contribution in [0.25, 0.3) is 0 Å². The first-order chi connectivity index (χ1) is 8.33. The molecule has 1 aliphatic heterocycles. The Labute approximate surface area is 105 Å². The fourth-order valence-corrected chi connectivity index (χ4v) is 3.26. The largest absolute Gasteiger partial charge is 0.338 e. The average molecular weight is 238 g/mol. The molecule has 0 radical (unpaired) electrons. The van der Waals surface area contributed by atoms with Crippen LogP contribution in [-0.2, 0) is 4.79 Å². The van der Waals surface area contributed by atoms with E-state index in [4.69, 9.17) is 0 Å². The summed E-state index contributed by atoms with van der Waals surface area (Å²) in [6, 6.07) is 0.597. The van der Waals surface area contributed by atoms with Crippen molar-refractivity contribution in [1.29, 1.82) is 0 Å². The zero-order valence-corrected chi connectivity index (χ0v) is 11.1. The molecule has 3 heteroatoms. The Balaban J connectivity index is 2.02. The molecule has 1 unspecified atom stereocenters. The van der Waals surface area contributed by atoms with Gasteiger partial charge in [0.25, 0.3) is 0 Å². The summed E-state index contributed by atoms with van der Waals surface area (Å²) >= 11 is 0. The van der Waals surface area contributed by atoms with Crippen molar-refractivity contribution in [2.45, 2.75) is 69.9 Å². The van der Waals surface area contributed by atoms with Crippen LogP contribution < -0.4 is 5.32 Å². The molecule has 0 aromatic carbocycles. The van der Waals surface area contributed by atoms with Crippen molar-refractivity contribution in [3.63, 3.8) is 0 Å². The molecule has 2 aliphatic rings. The van der Waals surface area contributed by atoms with Crippen LogP contribution >= 0.6 is 0 Å². The SMILES string of the molecule is CNC1CCCCN(C2CCCCCC2)C1=O. The van der Waals surface area contributed by atoms with Gasteiger partial charge in [0.1, 0.15) is 0 Å².